The van der Waals surface area contributed by atoms with E-state index in [9.17, 15) is 19.5 Å². The van der Waals surface area contributed by atoms with Crippen LogP contribution in [0.2, 0.25) is 0 Å². The van der Waals surface area contributed by atoms with E-state index in [1.54, 1.807) is 0 Å². The molecule has 0 saturated carbocycles. The lowest BCUT2D eigenvalue weighted by Crippen LogP contribution is -2.37. The second-order valence-electron chi connectivity index (χ2n) is 6.37. The van der Waals surface area contributed by atoms with Crippen LogP contribution in [0.4, 0.5) is 4.79 Å². The van der Waals surface area contributed by atoms with Crippen molar-refractivity contribution in [1.29, 1.82) is 0 Å². The van der Waals surface area contributed by atoms with Crippen LogP contribution >= 0.6 is 0 Å². The largest absolute Gasteiger partial charge is 0.478 e. The number of aromatic nitrogens is 2. The van der Waals surface area contributed by atoms with E-state index in [4.69, 9.17) is 0 Å². The van der Waals surface area contributed by atoms with Gasteiger partial charge in [-0.05, 0) is 42.2 Å². The number of amides is 1. The van der Waals surface area contributed by atoms with Crippen LogP contribution in [0.3, 0.4) is 0 Å². The standard InChI is InChI=1S/C20H21N3O4/c1-4-13-8-5-7-12(2)16(13)11-21-20(27)23-18(24)14-9-6-10-15(19(25)26)17(14)22(23)3/h5-10H,4,11H2,1-3H3,(H,21,27)(H,25,26). The number of carbonyl (C=O) groups excluding carboxylic acids is 1. The van der Waals surface area contributed by atoms with Crippen LogP contribution in [0.25, 0.3) is 10.9 Å². The van der Waals surface area contributed by atoms with Gasteiger partial charge in [0.25, 0.3) is 5.56 Å². The van der Waals surface area contributed by atoms with Crippen molar-refractivity contribution in [3.05, 3.63) is 69.0 Å². The van der Waals surface area contributed by atoms with Crippen molar-refractivity contribution in [3.63, 3.8) is 0 Å². The molecule has 0 bridgehead atoms. The van der Waals surface area contributed by atoms with Gasteiger partial charge in [-0.3, -0.25) is 9.48 Å². The molecule has 0 atom stereocenters. The summed E-state index contributed by atoms with van der Waals surface area (Å²) in [7, 11) is 1.50. The molecule has 3 aromatic rings. The Labute approximate surface area is 155 Å². The molecule has 0 aliphatic carbocycles. The molecule has 0 spiro atoms. The summed E-state index contributed by atoms with van der Waals surface area (Å²) < 4.78 is 2.22. The van der Waals surface area contributed by atoms with E-state index in [1.165, 1.54) is 29.9 Å². The average molecular weight is 367 g/mol. The van der Waals surface area contributed by atoms with E-state index in [0.29, 0.717) is 0 Å². The van der Waals surface area contributed by atoms with Gasteiger partial charge >= 0.3 is 12.0 Å². The van der Waals surface area contributed by atoms with E-state index in [0.717, 1.165) is 27.8 Å². The molecule has 0 fully saturated rings. The first-order valence-electron chi connectivity index (χ1n) is 8.66. The number of para-hydroxylation sites is 1. The molecule has 0 radical (unpaired) electrons. The third kappa shape index (κ3) is 3.12. The van der Waals surface area contributed by atoms with Crippen molar-refractivity contribution in [2.75, 3.05) is 0 Å². The van der Waals surface area contributed by atoms with Gasteiger partial charge in [-0.15, -0.1) is 0 Å². The summed E-state index contributed by atoms with van der Waals surface area (Å²) in [4.78, 5) is 36.8. The van der Waals surface area contributed by atoms with Crippen LogP contribution < -0.4 is 10.9 Å². The second-order valence-corrected chi connectivity index (χ2v) is 6.37. The third-order valence-electron chi connectivity index (χ3n) is 4.81. The summed E-state index contributed by atoms with van der Waals surface area (Å²) in [6.45, 7) is 4.30. The van der Waals surface area contributed by atoms with Crippen molar-refractivity contribution in [2.24, 2.45) is 7.05 Å². The zero-order valence-electron chi connectivity index (χ0n) is 15.4. The van der Waals surface area contributed by atoms with Crippen molar-refractivity contribution in [3.8, 4) is 0 Å². The molecule has 7 nitrogen and oxygen atoms in total. The van der Waals surface area contributed by atoms with Crippen molar-refractivity contribution in [1.82, 2.24) is 14.7 Å². The van der Waals surface area contributed by atoms with Crippen molar-refractivity contribution < 1.29 is 14.7 Å². The fourth-order valence-corrected chi connectivity index (χ4v) is 3.40. The number of rotatable bonds is 4. The van der Waals surface area contributed by atoms with Gasteiger partial charge in [-0.2, -0.15) is 4.68 Å². The molecular weight excluding hydrogens is 346 g/mol. The fourth-order valence-electron chi connectivity index (χ4n) is 3.40. The lowest BCUT2D eigenvalue weighted by molar-refractivity contribution is 0.0698. The maximum Gasteiger partial charge on any atom is 0.344 e. The predicted molar refractivity (Wildman–Crippen MR) is 102 cm³/mol. The molecule has 0 saturated heterocycles. The summed E-state index contributed by atoms with van der Waals surface area (Å²) in [5, 5.41) is 12.3. The normalized spacial score (nSPS) is 10.9. The van der Waals surface area contributed by atoms with Crippen molar-refractivity contribution >= 4 is 22.9 Å². The smallest absolute Gasteiger partial charge is 0.344 e. The number of carboxylic acids is 1. The molecule has 2 N–H and O–H groups in total. The molecular formula is C20H21N3O4. The maximum absolute atomic E-state index is 12.7. The van der Waals surface area contributed by atoms with Crippen LogP contribution in [-0.4, -0.2) is 26.5 Å². The second kappa shape index (κ2) is 7.11. The van der Waals surface area contributed by atoms with Crippen LogP contribution in [0.1, 0.15) is 34.0 Å². The van der Waals surface area contributed by atoms with Gasteiger partial charge in [-0.25, -0.2) is 9.59 Å². The molecule has 3 rings (SSSR count). The van der Waals surface area contributed by atoms with Gasteiger partial charge in [0, 0.05) is 13.6 Å². The van der Waals surface area contributed by atoms with Gasteiger partial charge in [0.05, 0.1) is 16.5 Å². The first kappa shape index (κ1) is 18.4. The van der Waals surface area contributed by atoms with E-state index < -0.39 is 17.6 Å². The Kier molecular flexibility index (Phi) is 4.85. The van der Waals surface area contributed by atoms with Gasteiger partial charge in [-0.1, -0.05) is 31.2 Å². The lowest BCUT2D eigenvalue weighted by Gasteiger charge is -2.13. The van der Waals surface area contributed by atoms with Gasteiger partial charge in [0.1, 0.15) is 0 Å². The highest BCUT2D eigenvalue weighted by Crippen LogP contribution is 2.17. The molecule has 1 amide bonds. The lowest BCUT2D eigenvalue weighted by atomic mass is 10.0. The minimum Gasteiger partial charge on any atom is -0.478 e. The minimum absolute atomic E-state index is 0.0224. The quantitative estimate of drug-likeness (QED) is 0.741. The van der Waals surface area contributed by atoms with Gasteiger partial charge in [0.2, 0.25) is 0 Å². The Morgan fingerprint density at radius 3 is 2.52 bits per heavy atom. The predicted octanol–water partition coefficient (Wildman–Crippen LogP) is 2.67. The molecule has 2 aromatic carbocycles. The van der Waals surface area contributed by atoms with E-state index in [1.807, 2.05) is 32.0 Å². The molecule has 1 aromatic heterocycles. The highest BCUT2D eigenvalue weighted by molar-refractivity contribution is 6.02. The number of fused-ring (bicyclic) bond motifs is 1. The Morgan fingerprint density at radius 2 is 1.85 bits per heavy atom. The first-order chi connectivity index (χ1) is 12.9. The maximum atomic E-state index is 12.7. The minimum atomic E-state index is -1.15. The molecule has 27 heavy (non-hydrogen) atoms. The number of carbonyl (C=O) groups is 2. The van der Waals surface area contributed by atoms with E-state index >= 15 is 0 Å². The molecule has 0 aliphatic rings. The number of aromatic carboxylic acids is 1. The summed E-state index contributed by atoms with van der Waals surface area (Å²) in [6.07, 6.45) is 0.836. The molecule has 0 unspecified atom stereocenters. The van der Waals surface area contributed by atoms with E-state index in [-0.39, 0.29) is 23.0 Å². The fraction of sp³-hybridized carbons (Fsp3) is 0.250. The van der Waals surface area contributed by atoms with Crippen LogP contribution in [0.15, 0.2) is 41.2 Å². The molecule has 7 heteroatoms. The monoisotopic (exact) mass is 367 g/mol. The highest BCUT2D eigenvalue weighted by Gasteiger charge is 2.21. The number of hydrogen-bond acceptors (Lipinski definition) is 3. The number of hydrogen-bond donors (Lipinski definition) is 2. The zero-order chi connectivity index (χ0) is 19.7. The zero-order valence-corrected chi connectivity index (χ0v) is 15.4. The summed E-state index contributed by atoms with van der Waals surface area (Å²) in [5.41, 5.74) is 2.86. The Hall–Kier alpha value is -3.35. The summed E-state index contributed by atoms with van der Waals surface area (Å²) >= 11 is 0. The molecule has 140 valence electrons. The first-order valence-corrected chi connectivity index (χ1v) is 8.66. The number of benzene rings is 2. The van der Waals surface area contributed by atoms with Crippen molar-refractivity contribution in [2.45, 2.75) is 26.8 Å². The van der Waals surface area contributed by atoms with E-state index in [2.05, 4.69) is 5.32 Å². The highest BCUT2D eigenvalue weighted by atomic mass is 16.4. The number of nitrogens with one attached hydrogen (secondary N) is 1. The van der Waals surface area contributed by atoms with Gasteiger partial charge in [0.15, 0.2) is 0 Å². The van der Waals surface area contributed by atoms with Gasteiger partial charge < -0.3 is 10.4 Å². The van der Waals surface area contributed by atoms with Crippen LogP contribution in [0, 0.1) is 6.92 Å². The van der Waals surface area contributed by atoms with Crippen LogP contribution in [-0.2, 0) is 20.0 Å². The Morgan fingerprint density at radius 1 is 1.15 bits per heavy atom. The van der Waals surface area contributed by atoms with Crippen LogP contribution in [0.5, 0.6) is 0 Å². The summed E-state index contributed by atoms with van der Waals surface area (Å²) in [6, 6.07) is 9.79. The number of carboxylic acid groups (broad SMARTS) is 1. The number of aryl methyl sites for hydroxylation is 3. The third-order valence-corrected chi connectivity index (χ3v) is 4.81. The topological polar surface area (TPSA) is 93.3 Å². The average Bonchev–Trinajstić information content (AvgIpc) is 2.91. The molecule has 0 aliphatic heterocycles. The number of nitrogens with zero attached hydrogens (tertiary/aromatic N) is 2. The SMILES string of the molecule is CCc1cccc(C)c1CNC(=O)n1c(=O)c2cccc(C(=O)O)c2n1C. The molecule has 1 heterocycles. The summed E-state index contributed by atoms with van der Waals surface area (Å²) in [5.74, 6) is -1.15. The Balaban J connectivity index is 1.99. The Bertz CT molecular complexity index is 1110.